The van der Waals surface area contributed by atoms with Crippen LogP contribution in [0.25, 0.3) is 0 Å². The lowest BCUT2D eigenvalue weighted by Gasteiger charge is -2.22. The van der Waals surface area contributed by atoms with Crippen LogP contribution in [-0.4, -0.2) is 12.6 Å². The molecule has 1 fully saturated rings. The monoisotopic (exact) mass is 182 g/mol. The minimum Gasteiger partial charge on any atom is -0.501 e. The SMILES string of the molecule is NNC(CC1CC1)C1=COCCC1. The van der Waals surface area contributed by atoms with Crippen molar-refractivity contribution in [1.82, 2.24) is 5.43 Å². The van der Waals surface area contributed by atoms with Crippen molar-refractivity contribution in [1.29, 1.82) is 0 Å². The zero-order valence-corrected chi connectivity index (χ0v) is 7.96. The first-order valence-corrected chi connectivity index (χ1v) is 5.17. The molecule has 1 aliphatic carbocycles. The molecule has 0 radical (unpaired) electrons. The molecule has 1 atom stereocenters. The van der Waals surface area contributed by atoms with Crippen LogP contribution in [0.2, 0.25) is 0 Å². The van der Waals surface area contributed by atoms with E-state index in [0.29, 0.717) is 6.04 Å². The summed E-state index contributed by atoms with van der Waals surface area (Å²) in [7, 11) is 0. The molecular formula is C10H18N2O. The lowest BCUT2D eigenvalue weighted by atomic mass is 9.98. The first-order chi connectivity index (χ1) is 6.40. The zero-order chi connectivity index (χ0) is 9.10. The molecule has 0 bridgehead atoms. The van der Waals surface area contributed by atoms with E-state index in [2.05, 4.69) is 5.43 Å². The maximum Gasteiger partial charge on any atom is 0.0876 e. The van der Waals surface area contributed by atoms with Crippen LogP contribution >= 0.6 is 0 Å². The largest absolute Gasteiger partial charge is 0.501 e. The number of ether oxygens (including phenoxy) is 1. The molecule has 1 saturated carbocycles. The van der Waals surface area contributed by atoms with E-state index in [1.54, 1.807) is 0 Å². The van der Waals surface area contributed by atoms with Gasteiger partial charge in [0.25, 0.3) is 0 Å². The van der Waals surface area contributed by atoms with Crippen molar-refractivity contribution in [3.8, 4) is 0 Å². The average Bonchev–Trinajstić information content (AvgIpc) is 2.99. The molecule has 0 spiro atoms. The quantitative estimate of drug-likeness (QED) is 0.509. The summed E-state index contributed by atoms with van der Waals surface area (Å²) in [5, 5.41) is 0. The molecule has 0 aromatic rings. The highest BCUT2D eigenvalue weighted by atomic mass is 16.5. The molecule has 0 aromatic heterocycles. The van der Waals surface area contributed by atoms with Gasteiger partial charge in [-0.25, -0.2) is 0 Å². The predicted octanol–water partition coefficient (Wildman–Crippen LogP) is 1.31. The van der Waals surface area contributed by atoms with Crippen LogP contribution in [0.4, 0.5) is 0 Å². The highest BCUT2D eigenvalue weighted by Gasteiger charge is 2.27. The van der Waals surface area contributed by atoms with Gasteiger partial charge in [-0.1, -0.05) is 12.8 Å². The molecule has 1 unspecified atom stereocenters. The zero-order valence-electron chi connectivity index (χ0n) is 7.96. The number of hydrazine groups is 1. The fourth-order valence-corrected chi connectivity index (χ4v) is 1.85. The molecule has 0 amide bonds. The minimum absolute atomic E-state index is 0.354. The molecule has 13 heavy (non-hydrogen) atoms. The Kier molecular flexibility index (Phi) is 2.86. The molecule has 0 saturated heterocycles. The van der Waals surface area contributed by atoms with Gasteiger partial charge in [0.1, 0.15) is 0 Å². The molecule has 3 heteroatoms. The molecule has 74 valence electrons. The number of rotatable bonds is 4. The summed E-state index contributed by atoms with van der Waals surface area (Å²) in [6, 6.07) is 0.354. The van der Waals surface area contributed by atoms with E-state index in [-0.39, 0.29) is 0 Å². The van der Waals surface area contributed by atoms with Gasteiger partial charge < -0.3 is 4.74 Å². The van der Waals surface area contributed by atoms with Gasteiger partial charge in [-0.2, -0.15) is 0 Å². The van der Waals surface area contributed by atoms with Crippen LogP contribution in [0.15, 0.2) is 11.8 Å². The third-order valence-corrected chi connectivity index (χ3v) is 2.88. The van der Waals surface area contributed by atoms with Gasteiger partial charge in [-0.15, -0.1) is 0 Å². The summed E-state index contributed by atoms with van der Waals surface area (Å²) >= 11 is 0. The van der Waals surface area contributed by atoms with Crippen molar-refractivity contribution >= 4 is 0 Å². The van der Waals surface area contributed by atoms with Crippen LogP contribution in [0.1, 0.15) is 32.1 Å². The maximum absolute atomic E-state index is 5.53. The summed E-state index contributed by atoms with van der Waals surface area (Å²) in [6.45, 7) is 0.865. The average molecular weight is 182 g/mol. The van der Waals surface area contributed by atoms with Gasteiger partial charge in [0, 0.05) is 6.04 Å². The Morgan fingerprint density at radius 2 is 2.46 bits per heavy atom. The molecule has 3 N–H and O–H groups in total. The fraction of sp³-hybridized carbons (Fsp3) is 0.800. The molecule has 2 rings (SSSR count). The van der Waals surface area contributed by atoms with Crippen molar-refractivity contribution in [3.05, 3.63) is 11.8 Å². The Bertz CT molecular complexity index is 199. The van der Waals surface area contributed by atoms with Gasteiger partial charge in [0.15, 0.2) is 0 Å². The van der Waals surface area contributed by atoms with Gasteiger partial charge >= 0.3 is 0 Å². The standard InChI is InChI=1S/C10H18N2O/c11-12-10(6-8-3-4-8)9-2-1-5-13-7-9/h7-8,10,12H,1-6,11H2. The predicted molar refractivity (Wildman–Crippen MR) is 51.7 cm³/mol. The fourth-order valence-electron chi connectivity index (χ4n) is 1.85. The highest BCUT2D eigenvalue weighted by molar-refractivity contribution is 5.10. The number of nitrogens with one attached hydrogen (secondary N) is 1. The van der Waals surface area contributed by atoms with Crippen LogP contribution in [-0.2, 0) is 4.74 Å². The lowest BCUT2D eigenvalue weighted by Crippen LogP contribution is -2.37. The summed E-state index contributed by atoms with van der Waals surface area (Å²) in [5.41, 5.74) is 4.24. The topological polar surface area (TPSA) is 47.3 Å². The minimum atomic E-state index is 0.354. The first kappa shape index (κ1) is 9.03. The van der Waals surface area contributed by atoms with Crippen molar-refractivity contribution < 1.29 is 4.74 Å². The van der Waals surface area contributed by atoms with Crippen LogP contribution in [0.3, 0.4) is 0 Å². The van der Waals surface area contributed by atoms with E-state index in [0.717, 1.165) is 25.4 Å². The van der Waals surface area contributed by atoms with Crippen LogP contribution in [0.5, 0.6) is 0 Å². The van der Waals surface area contributed by atoms with Crippen LogP contribution < -0.4 is 11.3 Å². The van der Waals surface area contributed by atoms with E-state index in [4.69, 9.17) is 10.6 Å². The second kappa shape index (κ2) is 4.11. The Balaban J connectivity index is 1.89. The smallest absolute Gasteiger partial charge is 0.0876 e. The Labute approximate surface area is 79.3 Å². The van der Waals surface area contributed by atoms with E-state index in [1.165, 1.54) is 24.8 Å². The Morgan fingerprint density at radius 3 is 3.00 bits per heavy atom. The van der Waals surface area contributed by atoms with E-state index in [1.807, 2.05) is 6.26 Å². The van der Waals surface area contributed by atoms with Crippen molar-refractivity contribution in [2.45, 2.75) is 38.1 Å². The van der Waals surface area contributed by atoms with Gasteiger partial charge in [-0.05, 0) is 30.8 Å². The van der Waals surface area contributed by atoms with E-state index < -0.39 is 0 Å². The number of nitrogens with two attached hydrogens (primary N) is 1. The first-order valence-electron chi connectivity index (χ1n) is 5.17. The van der Waals surface area contributed by atoms with E-state index in [9.17, 15) is 0 Å². The molecule has 0 aromatic carbocycles. The highest BCUT2D eigenvalue weighted by Crippen LogP contribution is 2.35. The lowest BCUT2D eigenvalue weighted by molar-refractivity contribution is 0.218. The second-order valence-corrected chi connectivity index (χ2v) is 4.07. The van der Waals surface area contributed by atoms with E-state index >= 15 is 0 Å². The third-order valence-electron chi connectivity index (χ3n) is 2.88. The van der Waals surface area contributed by atoms with Gasteiger partial charge in [0.2, 0.25) is 0 Å². The van der Waals surface area contributed by atoms with Gasteiger partial charge in [-0.3, -0.25) is 11.3 Å². The van der Waals surface area contributed by atoms with Crippen molar-refractivity contribution in [3.63, 3.8) is 0 Å². The summed E-state index contributed by atoms with van der Waals surface area (Å²) in [5.74, 6) is 6.44. The van der Waals surface area contributed by atoms with Crippen LogP contribution in [0, 0.1) is 5.92 Å². The molecule has 3 nitrogen and oxygen atoms in total. The Hall–Kier alpha value is -0.540. The second-order valence-electron chi connectivity index (χ2n) is 4.07. The van der Waals surface area contributed by atoms with Crippen molar-refractivity contribution in [2.75, 3.05) is 6.61 Å². The normalized spacial score (nSPS) is 24.8. The summed E-state index contributed by atoms with van der Waals surface area (Å²) in [6.07, 6.45) is 8.12. The number of hydrogen-bond donors (Lipinski definition) is 2. The number of hydrogen-bond acceptors (Lipinski definition) is 3. The molecule has 2 aliphatic rings. The Morgan fingerprint density at radius 1 is 1.62 bits per heavy atom. The molecule has 1 heterocycles. The molecular weight excluding hydrogens is 164 g/mol. The molecule has 1 aliphatic heterocycles. The van der Waals surface area contributed by atoms with Crippen molar-refractivity contribution in [2.24, 2.45) is 11.8 Å². The maximum atomic E-state index is 5.53. The summed E-state index contributed by atoms with van der Waals surface area (Å²) < 4.78 is 5.31. The van der Waals surface area contributed by atoms with Gasteiger partial charge in [0.05, 0.1) is 12.9 Å². The summed E-state index contributed by atoms with van der Waals surface area (Å²) in [4.78, 5) is 0. The third kappa shape index (κ3) is 2.45.